The number of halogens is 1. The maximum absolute atomic E-state index is 14.4. The number of carbonyl (C=O) groups excluding carboxylic acids is 1. The first-order valence-electron chi connectivity index (χ1n) is 10.3. The molecule has 0 spiro atoms. The normalized spacial score (nSPS) is 18.0. The molecule has 0 N–H and O–H groups in total. The van der Waals surface area contributed by atoms with Crippen LogP contribution >= 0.6 is 11.3 Å². The number of amides is 1. The number of ether oxygens (including phenoxy) is 1. The molecule has 3 nitrogen and oxygen atoms in total. The zero-order valence-electron chi connectivity index (χ0n) is 16.8. The summed E-state index contributed by atoms with van der Waals surface area (Å²) in [7, 11) is 0. The van der Waals surface area contributed by atoms with E-state index in [0.717, 1.165) is 31.4 Å². The Hall–Kier alpha value is -1.72. The zero-order valence-corrected chi connectivity index (χ0v) is 17.6. The number of nitrogens with zero attached hydrogens (tertiary/aromatic N) is 1. The summed E-state index contributed by atoms with van der Waals surface area (Å²) >= 11 is 1.70. The van der Waals surface area contributed by atoms with Crippen molar-refractivity contribution in [1.82, 2.24) is 0 Å². The minimum absolute atomic E-state index is 0.0464. The number of alkyl halides is 1. The van der Waals surface area contributed by atoms with Gasteiger partial charge in [0.15, 0.2) is 0 Å². The van der Waals surface area contributed by atoms with Crippen molar-refractivity contribution < 1.29 is 13.9 Å². The second-order valence-electron chi connectivity index (χ2n) is 7.62. The molecule has 1 aromatic carbocycles. The van der Waals surface area contributed by atoms with E-state index in [1.54, 1.807) is 11.3 Å². The van der Waals surface area contributed by atoms with Crippen LogP contribution in [0.5, 0.6) is 0 Å². The lowest BCUT2D eigenvalue weighted by Crippen LogP contribution is -2.36. The summed E-state index contributed by atoms with van der Waals surface area (Å²) in [6.07, 6.45) is 4.04. The van der Waals surface area contributed by atoms with Gasteiger partial charge in [-0.25, -0.2) is 4.39 Å². The average molecular weight is 404 g/mol. The number of thiophene rings is 1. The summed E-state index contributed by atoms with van der Waals surface area (Å²) in [5.41, 5.74) is 2.79. The van der Waals surface area contributed by atoms with Gasteiger partial charge >= 0.3 is 0 Å². The Bertz CT molecular complexity index is 758. The van der Waals surface area contributed by atoms with Gasteiger partial charge in [-0.15, -0.1) is 11.3 Å². The Balaban J connectivity index is 1.57. The lowest BCUT2D eigenvalue weighted by Gasteiger charge is -2.25. The molecule has 0 radical (unpaired) electrons. The smallest absolute Gasteiger partial charge is 0.227 e. The molecular formula is C23H30FNO2S. The van der Waals surface area contributed by atoms with Crippen molar-refractivity contribution in [1.29, 1.82) is 0 Å². The molecule has 1 amide bonds. The molecule has 5 heteroatoms. The fraction of sp³-hybridized carbons (Fsp3) is 0.522. The fourth-order valence-electron chi connectivity index (χ4n) is 3.70. The number of benzene rings is 1. The van der Waals surface area contributed by atoms with Gasteiger partial charge in [0.2, 0.25) is 5.91 Å². The summed E-state index contributed by atoms with van der Waals surface area (Å²) in [6, 6.07) is 9.58. The van der Waals surface area contributed by atoms with E-state index in [-0.39, 0.29) is 11.9 Å². The van der Waals surface area contributed by atoms with Gasteiger partial charge in [0.1, 0.15) is 6.17 Å². The number of hydrogen-bond donors (Lipinski definition) is 0. The maximum Gasteiger partial charge on any atom is 0.227 e. The van der Waals surface area contributed by atoms with Crippen LogP contribution in [0.1, 0.15) is 67.6 Å². The summed E-state index contributed by atoms with van der Waals surface area (Å²) in [4.78, 5) is 15.4. The summed E-state index contributed by atoms with van der Waals surface area (Å²) in [5, 5.41) is 2.12. The van der Waals surface area contributed by atoms with Crippen molar-refractivity contribution >= 4 is 22.9 Å². The minimum atomic E-state index is -0.928. The quantitative estimate of drug-likeness (QED) is 0.432. The van der Waals surface area contributed by atoms with Gasteiger partial charge in [-0.1, -0.05) is 38.3 Å². The van der Waals surface area contributed by atoms with E-state index in [0.29, 0.717) is 31.6 Å². The second-order valence-corrected chi connectivity index (χ2v) is 8.61. The van der Waals surface area contributed by atoms with Gasteiger partial charge in [-0.2, -0.15) is 0 Å². The highest BCUT2D eigenvalue weighted by atomic mass is 32.1. The van der Waals surface area contributed by atoms with Gasteiger partial charge in [0.25, 0.3) is 0 Å². The Morgan fingerprint density at radius 3 is 2.75 bits per heavy atom. The highest BCUT2D eigenvalue weighted by Gasteiger charge is 2.32. The van der Waals surface area contributed by atoms with E-state index < -0.39 is 6.17 Å². The van der Waals surface area contributed by atoms with Crippen LogP contribution in [-0.4, -0.2) is 18.6 Å². The van der Waals surface area contributed by atoms with E-state index >= 15 is 0 Å². The molecule has 1 aliphatic heterocycles. The first-order chi connectivity index (χ1) is 13.6. The second kappa shape index (κ2) is 10.2. The molecule has 28 heavy (non-hydrogen) atoms. The van der Waals surface area contributed by atoms with E-state index in [2.05, 4.69) is 25.3 Å². The monoisotopic (exact) mass is 403 g/mol. The van der Waals surface area contributed by atoms with Gasteiger partial charge in [-0.05, 0) is 54.5 Å². The third-order valence-corrected chi connectivity index (χ3v) is 6.29. The zero-order chi connectivity index (χ0) is 19.9. The van der Waals surface area contributed by atoms with E-state index in [1.807, 2.05) is 29.2 Å². The van der Waals surface area contributed by atoms with Crippen LogP contribution in [0.25, 0.3) is 0 Å². The van der Waals surface area contributed by atoms with Crippen LogP contribution in [0.3, 0.4) is 0 Å². The third-order valence-electron chi connectivity index (χ3n) is 5.26. The maximum atomic E-state index is 14.4. The Morgan fingerprint density at radius 1 is 1.29 bits per heavy atom. The number of unbranched alkanes of at least 4 members (excludes halogenated alkanes) is 2. The molecular weight excluding hydrogens is 373 g/mol. The summed E-state index contributed by atoms with van der Waals surface area (Å²) in [5.74, 6) is 0.119. The molecule has 3 rings (SSSR count). The first kappa shape index (κ1) is 21.0. The van der Waals surface area contributed by atoms with E-state index in [9.17, 15) is 9.18 Å². The van der Waals surface area contributed by atoms with E-state index in [4.69, 9.17) is 4.74 Å². The highest BCUT2D eigenvalue weighted by molar-refractivity contribution is 7.10. The van der Waals surface area contributed by atoms with Crippen molar-refractivity contribution in [2.75, 3.05) is 11.5 Å². The summed E-state index contributed by atoms with van der Waals surface area (Å²) < 4.78 is 20.2. The molecule has 1 saturated heterocycles. The standard InChI is InChI=1S/C23H30FNO2S/c1-3-4-5-6-22(24)18-7-9-19(10-8-18)25-20(11-12-23(25)26)14-27-15-21-13-17(2)16-28-21/h7-10,13,16,20,22H,3-6,11-12,14-15H2,1-2H3/t20-,22?/m1/s1. The van der Waals surface area contributed by atoms with Crippen molar-refractivity contribution in [2.45, 2.75) is 71.2 Å². The van der Waals surface area contributed by atoms with Gasteiger partial charge in [-0.3, -0.25) is 4.79 Å². The summed E-state index contributed by atoms with van der Waals surface area (Å²) in [6.45, 7) is 5.30. The van der Waals surface area contributed by atoms with Crippen LogP contribution in [0.2, 0.25) is 0 Å². The SMILES string of the molecule is CCCCCC(F)c1ccc(N2C(=O)CC[C@@H]2COCc2cc(C)cs2)cc1. The minimum Gasteiger partial charge on any atom is -0.374 e. The molecule has 1 unspecified atom stereocenters. The molecule has 0 saturated carbocycles. The molecule has 1 aromatic heterocycles. The Kier molecular flexibility index (Phi) is 7.63. The van der Waals surface area contributed by atoms with Crippen LogP contribution in [-0.2, 0) is 16.1 Å². The molecule has 2 atom stereocenters. The molecule has 2 heterocycles. The van der Waals surface area contributed by atoms with Crippen LogP contribution in [0.4, 0.5) is 10.1 Å². The lowest BCUT2D eigenvalue weighted by molar-refractivity contribution is -0.117. The molecule has 152 valence electrons. The Labute approximate surface area is 171 Å². The van der Waals surface area contributed by atoms with Gasteiger partial charge in [0.05, 0.1) is 19.3 Å². The molecule has 1 aliphatic rings. The number of hydrogen-bond acceptors (Lipinski definition) is 3. The number of rotatable bonds is 10. The van der Waals surface area contributed by atoms with Crippen LogP contribution in [0, 0.1) is 6.92 Å². The lowest BCUT2D eigenvalue weighted by atomic mass is 10.0. The molecule has 1 fully saturated rings. The third kappa shape index (κ3) is 5.42. The number of carbonyl (C=O) groups is 1. The predicted octanol–water partition coefficient (Wildman–Crippen LogP) is 6.36. The van der Waals surface area contributed by atoms with Crippen molar-refractivity contribution in [3.8, 4) is 0 Å². The largest absolute Gasteiger partial charge is 0.374 e. The molecule has 0 bridgehead atoms. The van der Waals surface area contributed by atoms with Gasteiger partial charge in [0, 0.05) is 17.0 Å². The molecule has 0 aliphatic carbocycles. The first-order valence-corrected chi connectivity index (χ1v) is 11.1. The van der Waals surface area contributed by atoms with Crippen LogP contribution < -0.4 is 4.90 Å². The highest BCUT2D eigenvalue weighted by Crippen LogP contribution is 2.30. The number of aryl methyl sites for hydroxylation is 1. The molecule has 2 aromatic rings. The predicted molar refractivity (Wildman–Crippen MR) is 114 cm³/mol. The van der Waals surface area contributed by atoms with Gasteiger partial charge < -0.3 is 9.64 Å². The Morgan fingerprint density at radius 2 is 2.07 bits per heavy atom. The topological polar surface area (TPSA) is 29.5 Å². The van der Waals surface area contributed by atoms with E-state index in [1.165, 1.54) is 10.4 Å². The van der Waals surface area contributed by atoms with Crippen molar-refractivity contribution in [3.63, 3.8) is 0 Å². The van der Waals surface area contributed by atoms with Crippen LogP contribution in [0.15, 0.2) is 35.7 Å². The van der Waals surface area contributed by atoms with Crippen molar-refractivity contribution in [3.05, 3.63) is 51.7 Å². The fourth-order valence-corrected chi connectivity index (χ4v) is 4.51. The average Bonchev–Trinajstić information content (AvgIpc) is 3.27. The number of anilines is 1. The van der Waals surface area contributed by atoms with Crippen molar-refractivity contribution in [2.24, 2.45) is 0 Å².